The molecule has 1 aromatic carbocycles. The molecule has 2 nitrogen and oxygen atoms in total. The van der Waals surface area contributed by atoms with E-state index in [0.29, 0.717) is 0 Å². The maximum atomic E-state index is 4.51. The van der Waals surface area contributed by atoms with E-state index in [9.17, 15) is 0 Å². The summed E-state index contributed by atoms with van der Waals surface area (Å²) in [6.45, 7) is 4.16. The Kier molecular flexibility index (Phi) is 6.35. The first-order chi connectivity index (χ1) is 10.8. The molecule has 0 aromatic heterocycles. The second-order valence-electron chi connectivity index (χ2n) is 5.17. The molecule has 0 atom stereocenters. The normalized spacial score (nSPS) is 14.9. The van der Waals surface area contributed by atoms with Crippen molar-refractivity contribution in [3.05, 3.63) is 77.6 Å². The van der Waals surface area contributed by atoms with Crippen molar-refractivity contribution in [3.8, 4) is 0 Å². The Labute approximate surface area is 133 Å². The highest BCUT2D eigenvalue weighted by Gasteiger charge is 2.03. The van der Waals surface area contributed by atoms with Gasteiger partial charge in [-0.2, -0.15) is 10.2 Å². The third kappa shape index (κ3) is 4.83. The summed E-state index contributed by atoms with van der Waals surface area (Å²) < 4.78 is 0. The number of hydrogen-bond acceptors (Lipinski definition) is 2. The average molecular weight is 290 g/mol. The van der Waals surface area contributed by atoms with Gasteiger partial charge < -0.3 is 0 Å². The Bertz CT molecular complexity index is 667. The Morgan fingerprint density at radius 1 is 1.05 bits per heavy atom. The first-order valence-electron chi connectivity index (χ1n) is 7.78. The smallest absolute Gasteiger partial charge is 0.0749 e. The van der Waals surface area contributed by atoms with Gasteiger partial charge in [0.25, 0.3) is 0 Å². The molecule has 0 saturated heterocycles. The van der Waals surface area contributed by atoms with Gasteiger partial charge in [-0.25, -0.2) is 0 Å². The highest BCUT2D eigenvalue weighted by atomic mass is 15.2. The predicted octanol–water partition coefficient (Wildman–Crippen LogP) is 5.25. The summed E-state index contributed by atoms with van der Waals surface area (Å²) in [5.74, 6) is 0. The lowest BCUT2D eigenvalue weighted by atomic mass is 10.1. The number of hydrogen-bond donors (Lipinski definition) is 0. The van der Waals surface area contributed by atoms with Crippen LogP contribution in [-0.2, 0) is 0 Å². The fourth-order valence-electron chi connectivity index (χ4n) is 2.10. The molecule has 0 N–H and O–H groups in total. The minimum atomic E-state index is 0.876. The van der Waals surface area contributed by atoms with Crippen molar-refractivity contribution in [1.82, 2.24) is 0 Å². The summed E-state index contributed by atoms with van der Waals surface area (Å²) in [7, 11) is 0. The standard InChI is InChI=1S/C20H22N2/c1-3-4-16-20(19-14-10-7-11-15-19)22-21-17(2)18-12-8-5-6-9-13-18/h5-12,14-15H,3-4,16H2,1-2H3/b21-17+,22-20+. The molecule has 1 aliphatic carbocycles. The van der Waals surface area contributed by atoms with Crippen LogP contribution in [0.4, 0.5) is 0 Å². The molecule has 2 heteroatoms. The number of unbranched alkanes of at least 4 members (excludes halogenated alkanes) is 1. The van der Waals surface area contributed by atoms with Crippen LogP contribution in [0.1, 0.15) is 38.7 Å². The van der Waals surface area contributed by atoms with Crippen LogP contribution in [0.25, 0.3) is 0 Å². The van der Waals surface area contributed by atoms with Crippen LogP contribution in [0.3, 0.4) is 0 Å². The first-order valence-corrected chi connectivity index (χ1v) is 7.78. The van der Waals surface area contributed by atoms with Crippen molar-refractivity contribution in [2.24, 2.45) is 10.2 Å². The van der Waals surface area contributed by atoms with Crippen LogP contribution in [-0.4, -0.2) is 11.4 Å². The zero-order valence-corrected chi connectivity index (χ0v) is 13.3. The molecule has 0 amide bonds. The number of nitrogens with zero attached hydrogens (tertiary/aromatic N) is 2. The van der Waals surface area contributed by atoms with E-state index in [1.54, 1.807) is 0 Å². The van der Waals surface area contributed by atoms with Crippen molar-refractivity contribution in [2.45, 2.75) is 33.1 Å². The molecule has 1 aliphatic rings. The number of benzene rings is 1. The molecular weight excluding hydrogens is 268 g/mol. The van der Waals surface area contributed by atoms with E-state index in [1.807, 2.05) is 55.5 Å². The lowest BCUT2D eigenvalue weighted by molar-refractivity contribution is 0.832. The van der Waals surface area contributed by atoms with Crippen LogP contribution < -0.4 is 0 Å². The summed E-state index contributed by atoms with van der Waals surface area (Å²) in [6, 6.07) is 10.3. The molecule has 0 unspecified atom stereocenters. The SMILES string of the molecule is CCCC/C(=N\N=C(/C)C1=C=CC=CC=C1)c1ccccc1. The van der Waals surface area contributed by atoms with Crippen molar-refractivity contribution < 1.29 is 0 Å². The van der Waals surface area contributed by atoms with Crippen molar-refractivity contribution in [1.29, 1.82) is 0 Å². The molecule has 0 radical (unpaired) electrons. The Morgan fingerprint density at radius 2 is 1.86 bits per heavy atom. The van der Waals surface area contributed by atoms with Crippen LogP contribution in [0.5, 0.6) is 0 Å². The lowest BCUT2D eigenvalue weighted by Gasteiger charge is -2.04. The van der Waals surface area contributed by atoms with Gasteiger partial charge in [-0.3, -0.25) is 0 Å². The second-order valence-corrected chi connectivity index (χ2v) is 5.17. The summed E-state index contributed by atoms with van der Waals surface area (Å²) in [6.07, 6.45) is 13.0. The number of rotatable bonds is 6. The van der Waals surface area contributed by atoms with Gasteiger partial charge in [-0.1, -0.05) is 61.9 Å². The van der Waals surface area contributed by atoms with Gasteiger partial charge in [0.15, 0.2) is 0 Å². The van der Waals surface area contributed by atoms with E-state index >= 15 is 0 Å². The third-order valence-electron chi connectivity index (χ3n) is 3.40. The maximum Gasteiger partial charge on any atom is 0.0749 e. The van der Waals surface area contributed by atoms with E-state index in [2.05, 4.69) is 35.0 Å². The topological polar surface area (TPSA) is 24.7 Å². The van der Waals surface area contributed by atoms with Crippen LogP contribution >= 0.6 is 0 Å². The Hall–Kier alpha value is -2.44. The fraction of sp³-hybridized carbons (Fsp3) is 0.250. The van der Waals surface area contributed by atoms with Crippen LogP contribution in [0.15, 0.2) is 82.2 Å². The number of allylic oxidation sites excluding steroid dienone is 5. The van der Waals surface area contributed by atoms with Gasteiger partial charge in [0.1, 0.15) is 0 Å². The van der Waals surface area contributed by atoms with E-state index < -0.39 is 0 Å². The zero-order valence-electron chi connectivity index (χ0n) is 13.3. The van der Waals surface area contributed by atoms with E-state index in [0.717, 1.165) is 41.8 Å². The molecule has 112 valence electrons. The predicted molar refractivity (Wildman–Crippen MR) is 95.5 cm³/mol. The molecular formula is C20H22N2. The summed E-state index contributed by atoms with van der Waals surface area (Å²) in [5, 5.41) is 8.94. The Balaban J connectivity index is 2.25. The van der Waals surface area contributed by atoms with Crippen molar-refractivity contribution in [3.63, 3.8) is 0 Å². The maximum absolute atomic E-state index is 4.51. The van der Waals surface area contributed by atoms with E-state index in [4.69, 9.17) is 0 Å². The van der Waals surface area contributed by atoms with Crippen LogP contribution in [0.2, 0.25) is 0 Å². The lowest BCUT2D eigenvalue weighted by Crippen LogP contribution is -2.01. The second kappa shape index (κ2) is 8.76. The van der Waals surface area contributed by atoms with Gasteiger partial charge in [-0.15, -0.1) is 5.73 Å². The molecule has 0 spiro atoms. The van der Waals surface area contributed by atoms with E-state index in [1.165, 1.54) is 0 Å². The van der Waals surface area contributed by atoms with Crippen molar-refractivity contribution in [2.75, 3.05) is 0 Å². The minimum absolute atomic E-state index is 0.876. The van der Waals surface area contributed by atoms with Crippen molar-refractivity contribution >= 4 is 11.4 Å². The van der Waals surface area contributed by atoms with Crippen LogP contribution in [0, 0.1) is 0 Å². The molecule has 1 aromatic rings. The van der Waals surface area contributed by atoms with Gasteiger partial charge in [0.05, 0.1) is 11.4 Å². The highest BCUT2D eigenvalue weighted by Crippen LogP contribution is 2.10. The fourth-order valence-corrected chi connectivity index (χ4v) is 2.10. The molecule has 2 rings (SSSR count). The van der Waals surface area contributed by atoms with Gasteiger partial charge in [-0.05, 0) is 37.5 Å². The summed E-state index contributed by atoms with van der Waals surface area (Å²) in [5.41, 5.74) is 7.24. The largest absolute Gasteiger partial charge is 0.155 e. The Morgan fingerprint density at radius 3 is 2.64 bits per heavy atom. The summed E-state index contributed by atoms with van der Waals surface area (Å²) in [4.78, 5) is 0. The monoisotopic (exact) mass is 290 g/mol. The molecule has 0 saturated carbocycles. The molecule has 22 heavy (non-hydrogen) atoms. The highest BCUT2D eigenvalue weighted by molar-refractivity contribution is 6.03. The first kappa shape index (κ1) is 15.9. The van der Waals surface area contributed by atoms with Gasteiger partial charge >= 0.3 is 0 Å². The zero-order chi connectivity index (χ0) is 15.6. The molecule has 0 heterocycles. The minimum Gasteiger partial charge on any atom is -0.155 e. The quantitative estimate of drug-likeness (QED) is 0.388. The van der Waals surface area contributed by atoms with Gasteiger partial charge in [0, 0.05) is 5.57 Å². The molecule has 0 fully saturated rings. The summed E-state index contributed by atoms with van der Waals surface area (Å²) >= 11 is 0. The molecule has 0 bridgehead atoms. The van der Waals surface area contributed by atoms with Gasteiger partial charge in [0.2, 0.25) is 0 Å². The molecule has 0 aliphatic heterocycles. The third-order valence-corrected chi connectivity index (χ3v) is 3.40. The average Bonchev–Trinajstić information content (AvgIpc) is 2.85. The van der Waals surface area contributed by atoms with E-state index in [-0.39, 0.29) is 0 Å².